The Balaban J connectivity index is 2.61. The first-order valence-corrected chi connectivity index (χ1v) is 4.35. The van der Waals surface area contributed by atoms with Gasteiger partial charge in [-0.1, -0.05) is 6.92 Å². The summed E-state index contributed by atoms with van der Waals surface area (Å²) in [4.78, 5) is 18.2. The van der Waals surface area contributed by atoms with Crippen LogP contribution in [0.5, 0.6) is 0 Å². The molecule has 3 nitrogen and oxygen atoms in total. The van der Waals surface area contributed by atoms with Gasteiger partial charge < -0.3 is 4.98 Å². The maximum absolute atomic E-state index is 11.4. The van der Waals surface area contributed by atoms with Gasteiger partial charge in [0, 0.05) is 5.56 Å². The van der Waals surface area contributed by atoms with Gasteiger partial charge in [0.2, 0.25) is 0 Å². The van der Waals surface area contributed by atoms with Crippen LogP contribution in [0, 0.1) is 0 Å². The molecule has 1 N–H and O–H groups in total. The van der Waals surface area contributed by atoms with Crippen LogP contribution in [0.15, 0.2) is 11.1 Å². The molecule has 3 heteroatoms. The van der Waals surface area contributed by atoms with Crippen LogP contribution in [0.1, 0.15) is 36.9 Å². The SMILES string of the molecule is C[C@@H]1CCCc2nc[nH]c(=O)c21. The summed E-state index contributed by atoms with van der Waals surface area (Å²) < 4.78 is 0. The van der Waals surface area contributed by atoms with Crippen LogP contribution >= 0.6 is 0 Å². The van der Waals surface area contributed by atoms with Crippen LogP contribution in [0.3, 0.4) is 0 Å². The first-order chi connectivity index (χ1) is 5.79. The number of aromatic nitrogens is 2. The minimum absolute atomic E-state index is 0.0483. The molecule has 0 aliphatic heterocycles. The van der Waals surface area contributed by atoms with Crippen LogP contribution in [-0.2, 0) is 6.42 Å². The fourth-order valence-corrected chi connectivity index (χ4v) is 1.87. The van der Waals surface area contributed by atoms with Gasteiger partial charge in [-0.05, 0) is 25.2 Å². The van der Waals surface area contributed by atoms with Crippen LogP contribution in [0.2, 0.25) is 0 Å². The molecule has 1 heterocycles. The largest absolute Gasteiger partial charge is 0.313 e. The van der Waals surface area contributed by atoms with Gasteiger partial charge in [0.25, 0.3) is 5.56 Å². The summed E-state index contributed by atoms with van der Waals surface area (Å²) >= 11 is 0. The fraction of sp³-hybridized carbons (Fsp3) is 0.556. The number of nitrogens with zero attached hydrogens (tertiary/aromatic N) is 1. The smallest absolute Gasteiger partial charge is 0.254 e. The van der Waals surface area contributed by atoms with Gasteiger partial charge >= 0.3 is 0 Å². The van der Waals surface area contributed by atoms with Crippen molar-refractivity contribution in [3.8, 4) is 0 Å². The average Bonchev–Trinajstić information content (AvgIpc) is 2.04. The molecular weight excluding hydrogens is 152 g/mol. The lowest BCUT2D eigenvalue weighted by Crippen LogP contribution is -2.22. The molecule has 0 unspecified atom stereocenters. The normalized spacial score (nSPS) is 21.9. The van der Waals surface area contributed by atoms with Crippen LogP contribution in [0.25, 0.3) is 0 Å². The third-order valence-electron chi connectivity index (χ3n) is 2.52. The Labute approximate surface area is 70.9 Å². The summed E-state index contributed by atoms with van der Waals surface area (Å²) in [7, 11) is 0. The predicted octanol–water partition coefficient (Wildman–Crippen LogP) is 1.21. The van der Waals surface area contributed by atoms with Gasteiger partial charge in [-0.25, -0.2) is 4.98 Å². The van der Waals surface area contributed by atoms with Crippen molar-refractivity contribution in [3.63, 3.8) is 0 Å². The Morgan fingerprint density at radius 3 is 3.25 bits per heavy atom. The van der Waals surface area contributed by atoms with Crippen molar-refractivity contribution < 1.29 is 0 Å². The highest BCUT2D eigenvalue weighted by molar-refractivity contribution is 5.22. The number of nitrogens with one attached hydrogen (secondary N) is 1. The van der Waals surface area contributed by atoms with Gasteiger partial charge in [0.1, 0.15) is 0 Å². The summed E-state index contributed by atoms with van der Waals surface area (Å²) in [6.45, 7) is 2.09. The highest BCUT2D eigenvalue weighted by Gasteiger charge is 2.19. The zero-order valence-corrected chi connectivity index (χ0v) is 7.13. The van der Waals surface area contributed by atoms with Gasteiger partial charge in [-0.3, -0.25) is 4.79 Å². The minimum Gasteiger partial charge on any atom is -0.313 e. The second kappa shape index (κ2) is 2.73. The van der Waals surface area contributed by atoms with E-state index in [2.05, 4.69) is 16.9 Å². The molecular formula is C9H12N2O. The van der Waals surface area contributed by atoms with Crippen molar-refractivity contribution in [3.05, 3.63) is 27.9 Å². The summed E-state index contributed by atoms with van der Waals surface area (Å²) in [5, 5.41) is 0. The highest BCUT2D eigenvalue weighted by Crippen LogP contribution is 2.26. The van der Waals surface area contributed by atoms with Crippen molar-refractivity contribution >= 4 is 0 Å². The van der Waals surface area contributed by atoms with E-state index in [0.717, 1.165) is 30.5 Å². The molecule has 1 aromatic heterocycles. The minimum atomic E-state index is 0.0483. The first-order valence-electron chi connectivity index (χ1n) is 4.35. The van der Waals surface area contributed by atoms with Crippen LogP contribution < -0.4 is 5.56 Å². The maximum atomic E-state index is 11.4. The molecule has 0 fully saturated rings. The number of hydrogen-bond donors (Lipinski definition) is 1. The number of rotatable bonds is 0. The van der Waals surface area contributed by atoms with E-state index in [9.17, 15) is 4.79 Å². The molecule has 2 rings (SSSR count). The molecule has 0 saturated carbocycles. The molecule has 64 valence electrons. The van der Waals surface area contributed by atoms with E-state index in [1.165, 1.54) is 6.33 Å². The molecule has 0 aromatic carbocycles. The van der Waals surface area contributed by atoms with E-state index in [1.807, 2.05) is 0 Å². The van der Waals surface area contributed by atoms with Crippen molar-refractivity contribution in [2.45, 2.75) is 32.1 Å². The molecule has 12 heavy (non-hydrogen) atoms. The van der Waals surface area contributed by atoms with E-state index < -0.39 is 0 Å². The van der Waals surface area contributed by atoms with Crippen molar-refractivity contribution in [1.82, 2.24) is 9.97 Å². The van der Waals surface area contributed by atoms with E-state index in [-0.39, 0.29) is 5.56 Å². The zero-order valence-electron chi connectivity index (χ0n) is 7.13. The third-order valence-corrected chi connectivity index (χ3v) is 2.52. The molecule has 0 saturated heterocycles. The van der Waals surface area contributed by atoms with E-state index in [1.54, 1.807) is 0 Å². The molecule has 0 spiro atoms. The lowest BCUT2D eigenvalue weighted by molar-refractivity contribution is 0.569. The Kier molecular flexibility index (Phi) is 1.71. The second-order valence-corrected chi connectivity index (χ2v) is 3.39. The highest BCUT2D eigenvalue weighted by atomic mass is 16.1. The number of aryl methyl sites for hydroxylation is 1. The van der Waals surface area contributed by atoms with Gasteiger partial charge in [0.05, 0.1) is 12.0 Å². The molecule has 1 aliphatic carbocycles. The topological polar surface area (TPSA) is 45.8 Å². The van der Waals surface area contributed by atoms with E-state index in [0.29, 0.717) is 5.92 Å². The Morgan fingerprint density at radius 2 is 2.50 bits per heavy atom. The van der Waals surface area contributed by atoms with E-state index >= 15 is 0 Å². The molecule has 0 bridgehead atoms. The van der Waals surface area contributed by atoms with Crippen molar-refractivity contribution in [2.24, 2.45) is 0 Å². The fourth-order valence-electron chi connectivity index (χ4n) is 1.87. The predicted molar refractivity (Wildman–Crippen MR) is 46.2 cm³/mol. The monoisotopic (exact) mass is 164 g/mol. The number of aromatic amines is 1. The van der Waals surface area contributed by atoms with Crippen LogP contribution in [-0.4, -0.2) is 9.97 Å². The van der Waals surface area contributed by atoms with Crippen molar-refractivity contribution in [1.29, 1.82) is 0 Å². The number of fused-ring (bicyclic) bond motifs is 1. The Hall–Kier alpha value is -1.12. The molecule has 0 amide bonds. The lowest BCUT2D eigenvalue weighted by Gasteiger charge is -2.19. The maximum Gasteiger partial charge on any atom is 0.254 e. The summed E-state index contributed by atoms with van der Waals surface area (Å²) in [5.74, 6) is 0.381. The molecule has 1 aromatic rings. The summed E-state index contributed by atoms with van der Waals surface area (Å²) in [5.41, 5.74) is 1.95. The summed E-state index contributed by atoms with van der Waals surface area (Å²) in [6, 6.07) is 0. The quantitative estimate of drug-likeness (QED) is 0.626. The molecule has 1 atom stereocenters. The zero-order chi connectivity index (χ0) is 8.55. The third kappa shape index (κ3) is 1.05. The van der Waals surface area contributed by atoms with E-state index in [4.69, 9.17) is 0 Å². The van der Waals surface area contributed by atoms with Crippen LogP contribution in [0.4, 0.5) is 0 Å². The van der Waals surface area contributed by atoms with Gasteiger partial charge in [0.15, 0.2) is 0 Å². The second-order valence-electron chi connectivity index (χ2n) is 3.39. The average molecular weight is 164 g/mol. The summed E-state index contributed by atoms with van der Waals surface area (Å²) in [6.07, 6.45) is 4.73. The van der Waals surface area contributed by atoms with Gasteiger partial charge in [-0.2, -0.15) is 0 Å². The molecule has 0 radical (unpaired) electrons. The standard InChI is InChI=1S/C9H12N2O/c1-6-3-2-4-7-8(6)9(12)11-5-10-7/h5-6H,2-4H2,1H3,(H,10,11,12)/t6-/m1/s1. The van der Waals surface area contributed by atoms with Crippen molar-refractivity contribution in [2.75, 3.05) is 0 Å². The number of H-pyrrole nitrogens is 1. The number of hydrogen-bond acceptors (Lipinski definition) is 2. The van der Waals surface area contributed by atoms with Gasteiger partial charge in [-0.15, -0.1) is 0 Å². The molecule has 1 aliphatic rings. The lowest BCUT2D eigenvalue weighted by atomic mass is 9.88. The Bertz CT molecular complexity index is 343. The Morgan fingerprint density at radius 1 is 1.67 bits per heavy atom. The first kappa shape index (κ1) is 7.53.